The first-order chi connectivity index (χ1) is 14.1. The summed E-state index contributed by atoms with van der Waals surface area (Å²) in [6.45, 7) is 7.57. The fourth-order valence-corrected chi connectivity index (χ4v) is 6.06. The number of carbonyl (C=O) groups is 1. The summed E-state index contributed by atoms with van der Waals surface area (Å²) in [5, 5.41) is 10.2. The molecule has 0 bridgehead atoms. The summed E-state index contributed by atoms with van der Waals surface area (Å²) in [7, 11) is 2.03. The van der Waals surface area contributed by atoms with Crippen LogP contribution in [0.3, 0.4) is 0 Å². The Kier molecular flexibility index (Phi) is 5.28. The van der Waals surface area contributed by atoms with Gasteiger partial charge in [-0.2, -0.15) is 5.10 Å². The number of aromatic nitrogens is 2. The predicted octanol–water partition coefficient (Wildman–Crippen LogP) is 3.09. The first kappa shape index (κ1) is 19.4. The average Bonchev–Trinajstić information content (AvgIpc) is 3.18. The second-order valence-corrected chi connectivity index (χ2v) is 10.4. The summed E-state index contributed by atoms with van der Waals surface area (Å²) in [6, 6.07) is 2.58. The minimum atomic E-state index is 0.258. The number of piperazine rings is 1. The Balaban J connectivity index is 1.08. The summed E-state index contributed by atoms with van der Waals surface area (Å²) < 4.78 is 3.30. The number of fused-ring (bicyclic) bond motifs is 1. The van der Waals surface area contributed by atoms with Crippen LogP contribution >= 0.6 is 11.3 Å². The number of aryl methyl sites for hydroxylation is 1. The molecule has 1 amide bonds. The molecule has 3 fully saturated rings. The lowest BCUT2D eigenvalue weighted by Gasteiger charge is -2.35. The van der Waals surface area contributed by atoms with E-state index in [9.17, 15) is 4.79 Å². The fourth-order valence-electron chi connectivity index (χ4n) is 5.13. The molecule has 158 valence electrons. The van der Waals surface area contributed by atoms with Gasteiger partial charge >= 0.3 is 0 Å². The second kappa shape index (κ2) is 7.91. The van der Waals surface area contributed by atoms with E-state index in [1.807, 2.05) is 11.7 Å². The Morgan fingerprint density at radius 3 is 2.72 bits per heavy atom. The van der Waals surface area contributed by atoms with Gasteiger partial charge in [0, 0.05) is 51.7 Å². The molecular weight excluding hydrogens is 382 g/mol. The van der Waals surface area contributed by atoms with Gasteiger partial charge in [0.2, 0.25) is 5.91 Å². The van der Waals surface area contributed by atoms with Gasteiger partial charge in [0.25, 0.3) is 0 Å². The third kappa shape index (κ3) is 4.04. The number of carbonyl (C=O) groups excluding carboxylic acids is 1. The fraction of sp³-hybridized carbons (Fsp3) is 0.727. The Morgan fingerprint density at radius 1 is 1.21 bits per heavy atom. The Labute approximate surface area is 177 Å². The van der Waals surface area contributed by atoms with Crippen LogP contribution < -0.4 is 10.2 Å². The summed E-state index contributed by atoms with van der Waals surface area (Å²) >= 11 is 1.78. The standard InChI is InChI=1S/C22H33N5OS/c1-15-3-5-17(6-4-15)23-22(28)18-13-16(18)14-26-8-10-27(11-9-26)21-20-19(7-12-29-20)25(2)24-21/h7,12,15-18H,3-6,8-11,13-14H2,1-2H3,(H,23,28)/t15?,16?,17?,18-/m1/s1. The molecular formula is C22H33N5OS. The van der Waals surface area contributed by atoms with Crippen LogP contribution in [-0.4, -0.2) is 59.4 Å². The summed E-state index contributed by atoms with van der Waals surface area (Å²) in [4.78, 5) is 17.6. The molecule has 0 spiro atoms. The zero-order valence-corrected chi connectivity index (χ0v) is 18.5. The van der Waals surface area contributed by atoms with Crippen LogP contribution in [0, 0.1) is 17.8 Å². The lowest BCUT2D eigenvalue weighted by Crippen LogP contribution is -2.47. The zero-order chi connectivity index (χ0) is 20.0. The minimum Gasteiger partial charge on any atom is -0.353 e. The lowest BCUT2D eigenvalue weighted by molar-refractivity contribution is -0.123. The van der Waals surface area contributed by atoms with E-state index in [1.54, 1.807) is 11.3 Å². The van der Waals surface area contributed by atoms with Crippen LogP contribution in [0.2, 0.25) is 0 Å². The topological polar surface area (TPSA) is 53.4 Å². The van der Waals surface area contributed by atoms with E-state index in [4.69, 9.17) is 5.10 Å². The van der Waals surface area contributed by atoms with E-state index in [0.717, 1.165) is 63.7 Å². The van der Waals surface area contributed by atoms with Gasteiger partial charge in [-0.3, -0.25) is 14.4 Å². The Bertz CT molecular complexity index is 860. The van der Waals surface area contributed by atoms with E-state index in [-0.39, 0.29) is 5.92 Å². The van der Waals surface area contributed by atoms with Crippen LogP contribution in [0.1, 0.15) is 39.0 Å². The minimum absolute atomic E-state index is 0.258. The van der Waals surface area contributed by atoms with Crippen molar-refractivity contribution in [3.8, 4) is 0 Å². The monoisotopic (exact) mass is 415 g/mol. The van der Waals surface area contributed by atoms with Gasteiger partial charge in [-0.1, -0.05) is 6.92 Å². The average molecular weight is 416 g/mol. The van der Waals surface area contributed by atoms with Crippen molar-refractivity contribution in [2.24, 2.45) is 24.8 Å². The van der Waals surface area contributed by atoms with Crippen molar-refractivity contribution in [1.82, 2.24) is 20.0 Å². The van der Waals surface area contributed by atoms with E-state index in [1.165, 1.54) is 23.1 Å². The van der Waals surface area contributed by atoms with Crippen molar-refractivity contribution in [2.45, 2.75) is 45.1 Å². The molecule has 1 aliphatic heterocycles. The molecule has 3 aliphatic rings. The van der Waals surface area contributed by atoms with Crippen molar-refractivity contribution < 1.29 is 4.79 Å². The highest BCUT2D eigenvalue weighted by Crippen LogP contribution is 2.40. The molecule has 1 saturated heterocycles. The maximum atomic E-state index is 12.6. The number of hydrogen-bond acceptors (Lipinski definition) is 5. The number of thiophene rings is 1. The molecule has 2 saturated carbocycles. The Morgan fingerprint density at radius 2 is 1.97 bits per heavy atom. The number of rotatable bonds is 5. The van der Waals surface area contributed by atoms with Crippen molar-refractivity contribution in [3.05, 3.63) is 11.4 Å². The van der Waals surface area contributed by atoms with E-state index < -0.39 is 0 Å². The number of nitrogens with one attached hydrogen (secondary N) is 1. The molecule has 1 N–H and O–H groups in total. The smallest absolute Gasteiger partial charge is 0.223 e. The first-order valence-corrected chi connectivity index (χ1v) is 12.1. The highest BCUT2D eigenvalue weighted by atomic mass is 32.1. The van der Waals surface area contributed by atoms with Gasteiger partial charge < -0.3 is 10.2 Å². The van der Waals surface area contributed by atoms with Crippen molar-refractivity contribution in [1.29, 1.82) is 0 Å². The van der Waals surface area contributed by atoms with Crippen molar-refractivity contribution in [3.63, 3.8) is 0 Å². The van der Waals surface area contributed by atoms with E-state index in [2.05, 4.69) is 33.5 Å². The Hall–Kier alpha value is -1.60. The molecule has 7 heteroatoms. The third-order valence-electron chi connectivity index (χ3n) is 7.23. The molecule has 5 rings (SSSR count). The van der Waals surface area contributed by atoms with Crippen molar-refractivity contribution in [2.75, 3.05) is 37.6 Å². The third-order valence-corrected chi connectivity index (χ3v) is 8.13. The van der Waals surface area contributed by atoms with Crippen LogP contribution in [0.5, 0.6) is 0 Å². The van der Waals surface area contributed by atoms with E-state index >= 15 is 0 Å². The molecule has 0 radical (unpaired) electrons. The highest BCUT2D eigenvalue weighted by molar-refractivity contribution is 7.17. The van der Waals surface area contributed by atoms with Gasteiger partial charge in [-0.05, 0) is 55.4 Å². The quantitative estimate of drug-likeness (QED) is 0.815. The molecule has 1 unspecified atom stereocenters. The maximum Gasteiger partial charge on any atom is 0.223 e. The van der Waals surface area contributed by atoms with E-state index in [0.29, 0.717) is 17.9 Å². The van der Waals surface area contributed by atoms with Crippen LogP contribution in [0.15, 0.2) is 11.4 Å². The van der Waals surface area contributed by atoms with Gasteiger partial charge in [-0.25, -0.2) is 0 Å². The van der Waals surface area contributed by atoms with Crippen LogP contribution in [-0.2, 0) is 11.8 Å². The largest absolute Gasteiger partial charge is 0.353 e. The lowest BCUT2D eigenvalue weighted by atomic mass is 9.87. The van der Waals surface area contributed by atoms with Gasteiger partial charge in [0.15, 0.2) is 5.82 Å². The number of anilines is 1. The predicted molar refractivity (Wildman–Crippen MR) is 118 cm³/mol. The van der Waals surface area contributed by atoms with Gasteiger partial charge in [0.1, 0.15) is 0 Å². The second-order valence-electron chi connectivity index (χ2n) is 9.44. The molecule has 2 atom stereocenters. The number of nitrogens with zero attached hydrogens (tertiary/aromatic N) is 4. The first-order valence-electron chi connectivity index (χ1n) is 11.3. The zero-order valence-electron chi connectivity index (χ0n) is 17.6. The number of amides is 1. The molecule has 29 heavy (non-hydrogen) atoms. The molecule has 3 heterocycles. The molecule has 0 aromatic carbocycles. The normalized spacial score (nSPS) is 30.6. The SMILES string of the molecule is CC1CCC(NC(=O)[C@@H]2CC2CN2CCN(c3nn(C)c4ccsc34)CC2)CC1. The molecule has 6 nitrogen and oxygen atoms in total. The van der Waals surface area contributed by atoms with Gasteiger partial charge in [-0.15, -0.1) is 11.3 Å². The van der Waals surface area contributed by atoms with Crippen LogP contribution in [0.25, 0.3) is 10.2 Å². The molecule has 2 aliphatic carbocycles. The van der Waals surface area contributed by atoms with Crippen molar-refractivity contribution >= 4 is 33.3 Å². The number of hydrogen-bond donors (Lipinski definition) is 1. The summed E-state index contributed by atoms with van der Waals surface area (Å²) in [5.74, 6) is 3.11. The molecule has 2 aromatic heterocycles. The van der Waals surface area contributed by atoms with Crippen LogP contribution in [0.4, 0.5) is 5.82 Å². The molecule has 2 aromatic rings. The maximum absolute atomic E-state index is 12.6. The highest BCUT2D eigenvalue weighted by Gasteiger charge is 2.44. The summed E-state index contributed by atoms with van der Waals surface area (Å²) in [6.07, 6.45) is 5.93. The van der Waals surface area contributed by atoms with Gasteiger partial charge in [0.05, 0.1) is 10.2 Å². The summed E-state index contributed by atoms with van der Waals surface area (Å²) in [5.41, 5.74) is 1.23.